The summed E-state index contributed by atoms with van der Waals surface area (Å²) in [5, 5.41) is 2.67. The number of benzene rings is 1. The number of hydrogen-bond donors (Lipinski definition) is 1. The molecule has 0 aliphatic carbocycles. The number of para-hydroxylation sites is 1. The van der Waals surface area contributed by atoms with Gasteiger partial charge in [0.15, 0.2) is 0 Å². The number of carbonyl (C=O) groups excluding carboxylic acids is 1. The smallest absolute Gasteiger partial charge is 0.332 e. The fraction of sp³-hybridized carbons (Fsp3) is 0.389. The van der Waals surface area contributed by atoms with Crippen molar-refractivity contribution in [1.29, 1.82) is 0 Å². The molecule has 25 heavy (non-hydrogen) atoms. The largest absolute Gasteiger partial charge is 0.493 e. The molecule has 7 heteroatoms. The van der Waals surface area contributed by atoms with E-state index in [2.05, 4.69) is 5.32 Å². The van der Waals surface area contributed by atoms with Gasteiger partial charge in [-0.15, -0.1) is 0 Å². The molecule has 1 amide bonds. The summed E-state index contributed by atoms with van der Waals surface area (Å²) in [7, 11) is 2.99. The first kappa shape index (κ1) is 17.0. The second-order valence-electron chi connectivity index (χ2n) is 6.16. The molecule has 7 nitrogen and oxygen atoms in total. The third-order valence-corrected chi connectivity index (χ3v) is 4.45. The fourth-order valence-electron chi connectivity index (χ4n) is 3.18. The highest BCUT2D eigenvalue weighted by Crippen LogP contribution is 2.38. The van der Waals surface area contributed by atoms with Gasteiger partial charge in [0.1, 0.15) is 11.6 Å². The van der Waals surface area contributed by atoms with Crippen LogP contribution in [-0.2, 0) is 18.9 Å². The molecule has 132 valence electrons. The van der Waals surface area contributed by atoms with E-state index in [9.17, 15) is 14.4 Å². The van der Waals surface area contributed by atoms with Crippen molar-refractivity contribution in [2.24, 2.45) is 14.1 Å². The predicted molar refractivity (Wildman–Crippen MR) is 94.2 cm³/mol. The number of carbonyl (C=O) groups is 1. The molecule has 0 spiro atoms. The topological polar surface area (TPSA) is 82.3 Å². The standard InChI is InChI=1S/C18H21N3O4/c1-4-9-25-13-8-6-5-7-11(13)12-10-14(22)19-16-15(12)17(23)21(3)18(24)20(16)2/h5-8,12H,4,9-10H2,1-3H3,(H,19,22)/t12-/m1/s1. The number of fused-ring (bicyclic) bond motifs is 1. The summed E-state index contributed by atoms with van der Waals surface area (Å²) in [6.45, 7) is 2.56. The predicted octanol–water partition coefficient (Wildman–Crippen LogP) is 1.35. The first-order valence-corrected chi connectivity index (χ1v) is 8.27. The van der Waals surface area contributed by atoms with Crippen LogP contribution in [0, 0.1) is 0 Å². The number of nitrogens with zero attached hydrogens (tertiary/aromatic N) is 2. The minimum Gasteiger partial charge on any atom is -0.493 e. The van der Waals surface area contributed by atoms with E-state index in [-0.39, 0.29) is 18.1 Å². The summed E-state index contributed by atoms with van der Waals surface area (Å²) in [5.74, 6) is 0.235. The van der Waals surface area contributed by atoms with Crippen LogP contribution in [0.15, 0.2) is 33.9 Å². The molecule has 0 saturated carbocycles. The van der Waals surface area contributed by atoms with Crippen molar-refractivity contribution in [2.45, 2.75) is 25.7 Å². The molecule has 1 N–H and O–H groups in total. The number of hydrogen-bond acceptors (Lipinski definition) is 4. The number of aromatic nitrogens is 2. The van der Waals surface area contributed by atoms with E-state index < -0.39 is 17.2 Å². The molecule has 0 unspecified atom stereocenters. The maximum Gasteiger partial charge on any atom is 0.332 e. The SMILES string of the molecule is CCCOc1ccccc1[C@H]1CC(=O)Nc2c1c(=O)n(C)c(=O)n2C. The molecule has 0 bridgehead atoms. The normalized spacial score (nSPS) is 16.3. The van der Waals surface area contributed by atoms with Gasteiger partial charge < -0.3 is 10.1 Å². The van der Waals surface area contributed by atoms with Crippen molar-refractivity contribution in [3.8, 4) is 5.75 Å². The van der Waals surface area contributed by atoms with E-state index in [1.165, 1.54) is 11.6 Å². The molecule has 2 aromatic rings. The van der Waals surface area contributed by atoms with Gasteiger partial charge in [0.05, 0.1) is 12.2 Å². The zero-order chi connectivity index (χ0) is 18.1. The lowest BCUT2D eigenvalue weighted by Crippen LogP contribution is -2.44. The maximum absolute atomic E-state index is 12.8. The van der Waals surface area contributed by atoms with Crippen molar-refractivity contribution in [2.75, 3.05) is 11.9 Å². The summed E-state index contributed by atoms with van der Waals surface area (Å²) in [4.78, 5) is 37.1. The Labute approximate surface area is 144 Å². The van der Waals surface area contributed by atoms with Crippen molar-refractivity contribution < 1.29 is 9.53 Å². The Morgan fingerprint density at radius 1 is 1.16 bits per heavy atom. The molecular formula is C18H21N3O4. The molecule has 1 aliphatic heterocycles. The molecule has 1 atom stereocenters. The van der Waals surface area contributed by atoms with E-state index >= 15 is 0 Å². The Hall–Kier alpha value is -2.83. The molecule has 2 heterocycles. The van der Waals surface area contributed by atoms with Gasteiger partial charge in [-0.2, -0.15) is 0 Å². The number of rotatable bonds is 4. The lowest BCUT2D eigenvalue weighted by molar-refractivity contribution is -0.116. The van der Waals surface area contributed by atoms with Crippen molar-refractivity contribution in [1.82, 2.24) is 9.13 Å². The van der Waals surface area contributed by atoms with Crippen LogP contribution in [0.2, 0.25) is 0 Å². The van der Waals surface area contributed by atoms with Gasteiger partial charge in [-0.25, -0.2) is 4.79 Å². The van der Waals surface area contributed by atoms with E-state index in [4.69, 9.17) is 4.74 Å². The Kier molecular flexibility index (Phi) is 4.48. The van der Waals surface area contributed by atoms with Gasteiger partial charge in [0.25, 0.3) is 5.56 Å². The first-order valence-electron chi connectivity index (χ1n) is 8.27. The van der Waals surface area contributed by atoms with Crippen molar-refractivity contribution >= 4 is 11.7 Å². The average Bonchev–Trinajstić information content (AvgIpc) is 2.62. The molecule has 3 rings (SSSR count). The summed E-state index contributed by atoms with van der Waals surface area (Å²) < 4.78 is 8.17. The molecular weight excluding hydrogens is 322 g/mol. The highest BCUT2D eigenvalue weighted by molar-refractivity contribution is 5.94. The molecule has 1 aromatic carbocycles. The quantitative estimate of drug-likeness (QED) is 0.908. The minimum atomic E-state index is -0.472. The lowest BCUT2D eigenvalue weighted by Gasteiger charge is -2.28. The summed E-state index contributed by atoms with van der Waals surface area (Å²) >= 11 is 0. The average molecular weight is 343 g/mol. The van der Waals surface area contributed by atoms with Gasteiger partial charge >= 0.3 is 5.69 Å². The second kappa shape index (κ2) is 6.58. The van der Waals surface area contributed by atoms with Crippen LogP contribution >= 0.6 is 0 Å². The molecule has 0 radical (unpaired) electrons. The third-order valence-electron chi connectivity index (χ3n) is 4.45. The summed E-state index contributed by atoms with van der Waals surface area (Å²) in [6.07, 6.45) is 0.985. The molecule has 0 saturated heterocycles. The number of amides is 1. The van der Waals surface area contributed by atoms with Crippen LogP contribution in [0.25, 0.3) is 0 Å². The highest BCUT2D eigenvalue weighted by Gasteiger charge is 2.33. The van der Waals surface area contributed by atoms with Crippen LogP contribution < -0.4 is 21.3 Å². The van der Waals surface area contributed by atoms with E-state index in [1.54, 1.807) is 7.05 Å². The van der Waals surface area contributed by atoms with Crippen LogP contribution in [0.5, 0.6) is 5.75 Å². The Morgan fingerprint density at radius 3 is 2.60 bits per heavy atom. The van der Waals surface area contributed by atoms with Gasteiger partial charge in [-0.1, -0.05) is 25.1 Å². The van der Waals surface area contributed by atoms with Crippen LogP contribution in [0.3, 0.4) is 0 Å². The molecule has 0 fully saturated rings. The highest BCUT2D eigenvalue weighted by atomic mass is 16.5. The first-order chi connectivity index (χ1) is 12.0. The zero-order valence-electron chi connectivity index (χ0n) is 14.5. The second-order valence-corrected chi connectivity index (χ2v) is 6.16. The van der Waals surface area contributed by atoms with Crippen LogP contribution in [-0.4, -0.2) is 21.6 Å². The van der Waals surface area contributed by atoms with E-state index in [0.29, 0.717) is 17.9 Å². The number of ether oxygens (including phenoxy) is 1. The zero-order valence-corrected chi connectivity index (χ0v) is 14.5. The summed E-state index contributed by atoms with van der Waals surface area (Å²) in [5.41, 5.74) is 0.327. The number of anilines is 1. The van der Waals surface area contributed by atoms with Crippen molar-refractivity contribution in [3.05, 3.63) is 56.2 Å². The van der Waals surface area contributed by atoms with E-state index in [1.807, 2.05) is 31.2 Å². The van der Waals surface area contributed by atoms with Crippen LogP contribution in [0.1, 0.15) is 36.8 Å². The lowest BCUT2D eigenvalue weighted by atomic mass is 9.86. The monoisotopic (exact) mass is 343 g/mol. The molecule has 1 aromatic heterocycles. The Bertz CT molecular complexity index is 942. The van der Waals surface area contributed by atoms with Crippen molar-refractivity contribution in [3.63, 3.8) is 0 Å². The van der Waals surface area contributed by atoms with Gasteiger partial charge in [-0.05, 0) is 12.5 Å². The van der Waals surface area contributed by atoms with E-state index in [0.717, 1.165) is 16.6 Å². The van der Waals surface area contributed by atoms with Gasteiger partial charge in [-0.3, -0.25) is 18.7 Å². The fourth-order valence-corrected chi connectivity index (χ4v) is 3.18. The maximum atomic E-state index is 12.8. The third kappa shape index (κ3) is 2.86. The Morgan fingerprint density at radius 2 is 1.88 bits per heavy atom. The van der Waals surface area contributed by atoms with Gasteiger partial charge in [0, 0.05) is 32.0 Å². The minimum absolute atomic E-state index is 0.132. The number of nitrogens with one attached hydrogen (secondary N) is 1. The van der Waals surface area contributed by atoms with Crippen LogP contribution in [0.4, 0.5) is 5.82 Å². The molecule has 1 aliphatic rings. The summed E-state index contributed by atoms with van der Waals surface area (Å²) in [6, 6.07) is 7.41. The Balaban J connectivity index is 2.24. The van der Waals surface area contributed by atoms with Gasteiger partial charge in [0.2, 0.25) is 5.91 Å².